The summed E-state index contributed by atoms with van der Waals surface area (Å²) in [7, 11) is 3.54. The lowest BCUT2D eigenvalue weighted by atomic mass is 10.2. The van der Waals surface area contributed by atoms with Crippen LogP contribution in [0.2, 0.25) is 0 Å². The number of rotatable bonds is 5. The minimum Gasteiger partial charge on any atom is -0.382 e. The molecule has 2 aliphatic rings. The molecule has 0 saturated carbocycles. The standard InChI is InChI=1S/C21H29N5O2.HI/c1-22-21(25-11-12-28-17(14-25)15-27-2)23-13-19-18-9-6-10-20(18)26(24-19)16-7-4-3-5-8-16;/h3-5,7-8,17H,6,9-15H2,1-2H3,(H,22,23);1H. The number of aliphatic imine (C=N–C) groups is 1. The molecule has 1 fully saturated rings. The predicted octanol–water partition coefficient (Wildman–Crippen LogP) is 2.40. The number of methoxy groups -OCH3 is 1. The van der Waals surface area contributed by atoms with Crippen LogP contribution < -0.4 is 5.32 Å². The fourth-order valence-electron chi connectivity index (χ4n) is 4.13. The van der Waals surface area contributed by atoms with E-state index in [2.05, 4.69) is 44.2 Å². The van der Waals surface area contributed by atoms with E-state index in [1.165, 1.54) is 17.7 Å². The number of halogens is 1. The monoisotopic (exact) mass is 511 g/mol. The third kappa shape index (κ3) is 4.92. The topological polar surface area (TPSA) is 63.9 Å². The third-order valence-electron chi connectivity index (χ3n) is 5.43. The van der Waals surface area contributed by atoms with Crippen LogP contribution in [0.1, 0.15) is 23.4 Å². The number of hydrogen-bond acceptors (Lipinski definition) is 4. The summed E-state index contributed by atoms with van der Waals surface area (Å²) in [6, 6.07) is 10.4. The minimum atomic E-state index is 0. The quantitative estimate of drug-likeness (QED) is 0.380. The summed E-state index contributed by atoms with van der Waals surface area (Å²) in [6.45, 7) is 3.58. The lowest BCUT2D eigenvalue weighted by Gasteiger charge is -2.34. The second-order valence-corrected chi connectivity index (χ2v) is 7.27. The summed E-state index contributed by atoms with van der Waals surface area (Å²) >= 11 is 0. The van der Waals surface area contributed by atoms with Crippen LogP contribution >= 0.6 is 24.0 Å². The summed E-state index contributed by atoms with van der Waals surface area (Å²) in [5, 5.41) is 8.45. The van der Waals surface area contributed by atoms with E-state index in [9.17, 15) is 0 Å². The summed E-state index contributed by atoms with van der Waals surface area (Å²) in [4.78, 5) is 6.72. The Balaban J connectivity index is 0.00000240. The van der Waals surface area contributed by atoms with Crippen molar-refractivity contribution in [2.75, 3.05) is 40.5 Å². The van der Waals surface area contributed by atoms with Crippen molar-refractivity contribution in [1.82, 2.24) is 20.0 Å². The number of hydrogen-bond donors (Lipinski definition) is 1. The van der Waals surface area contributed by atoms with Crippen LogP contribution in [-0.2, 0) is 28.9 Å². The maximum atomic E-state index is 5.75. The molecule has 0 radical (unpaired) electrons. The zero-order chi connectivity index (χ0) is 19.3. The number of morpholine rings is 1. The first-order valence-electron chi connectivity index (χ1n) is 10.0. The van der Waals surface area contributed by atoms with Crippen molar-refractivity contribution < 1.29 is 9.47 Å². The van der Waals surface area contributed by atoms with Gasteiger partial charge in [-0.05, 0) is 37.0 Å². The first-order chi connectivity index (χ1) is 13.8. The summed E-state index contributed by atoms with van der Waals surface area (Å²) in [6.07, 6.45) is 3.47. The van der Waals surface area contributed by atoms with Crippen LogP contribution in [0.5, 0.6) is 0 Å². The van der Waals surface area contributed by atoms with Crippen molar-refractivity contribution in [2.24, 2.45) is 4.99 Å². The molecule has 158 valence electrons. The number of nitrogens with one attached hydrogen (secondary N) is 1. The molecule has 2 heterocycles. The van der Waals surface area contributed by atoms with E-state index in [-0.39, 0.29) is 30.1 Å². The Morgan fingerprint density at radius 2 is 2.14 bits per heavy atom. The second kappa shape index (κ2) is 10.4. The van der Waals surface area contributed by atoms with Gasteiger partial charge in [0, 0.05) is 32.9 Å². The number of para-hydroxylation sites is 1. The Labute approximate surface area is 189 Å². The Bertz CT molecular complexity index is 822. The van der Waals surface area contributed by atoms with Gasteiger partial charge in [0.15, 0.2) is 5.96 Å². The molecular weight excluding hydrogens is 481 g/mol. The highest BCUT2D eigenvalue weighted by atomic mass is 127. The second-order valence-electron chi connectivity index (χ2n) is 7.27. The molecule has 0 bridgehead atoms. The van der Waals surface area contributed by atoms with Crippen LogP contribution in [-0.4, -0.2) is 67.2 Å². The van der Waals surface area contributed by atoms with Gasteiger partial charge in [-0.3, -0.25) is 4.99 Å². The van der Waals surface area contributed by atoms with Crippen LogP contribution in [0, 0.1) is 0 Å². The van der Waals surface area contributed by atoms with Gasteiger partial charge >= 0.3 is 0 Å². The Hall–Kier alpha value is -1.65. The van der Waals surface area contributed by atoms with Crippen molar-refractivity contribution in [2.45, 2.75) is 31.9 Å². The number of nitrogens with zero attached hydrogens (tertiary/aromatic N) is 4. The maximum absolute atomic E-state index is 5.75. The van der Waals surface area contributed by atoms with Gasteiger partial charge in [-0.25, -0.2) is 4.68 Å². The number of ether oxygens (including phenoxy) is 2. The molecule has 4 rings (SSSR count). The van der Waals surface area contributed by atoms with Gasteiger partial charge in [-0.2, -0.15) is 5.10 Å². The van der Waals surface area contributed by atoms with Gasteiger partial charge in [-0.15, -0.1) is 24.0 Å². The molecule has 2 aromatic rings. The van der Waals surface area contributed by atoms with E-state index in [1.54, 1.807) is 7.11 Å². The van der Waals surface area contributed by atoms with E-state index < -0.39 is 0 Å². The normalized spacial score (nSPS) is 19.0. The number of aromatic nitrogens is 2. The van der Waals surface area contributed by atoms with Gasteiger partial charge < -0.3 is 19.7 Å². The molecule has 1 aromatic heterocycles. The van der Waals surface area contributed by atoms with E-state index in [0.29, 0.717) is 19.8 Å². The molecular formula is C21H30IN5O2. The molecule has 7 nitrogen and oxygen atoms in total. The molecule has 8 heteroatoms. The number of fused-ring (bicyclic) bond motifs is 1. The highest BCUT2D eigenvalue weighted by molar-refractivity contribution is 14.0. The first kappa shape index (κ1) is 22.0. The van der Waals surface area contributed by atoms with E-state index >= 15 is 0 Å². The molecule has 29 heavy (non-hydrogen) atoms. The molecule has 1 aliphatic heterocycles. The highest BCUT2D eigenvalue weighted by Gasteiger charge is 2.25. The SMILES string of the molecule is CN=C(NCc1nn(-c2ccccc2)c2c1CCC2)N1CCOC(COC)C1.I. The number of benzene rings is 1. The molecule has 1 atom stereocenters. The zero-order valence-electron chi connectivity index (χ0n) is 17.1. The summed E-state index contributed by atoms with van der Waals surface area (Å²) in [5.74, 6) is 0.894. The van der Waals surface area contributed by atoms with Crippen LogP contribution in [0.25, 0.3) is 5.69 Å². The van der Waals surface area contributed by atoms with E-state index in [4.69, 9.17) is 14.6 Å². The van der Waals surface area contributed by atoms with Crippen molar-refractivity contribution in [1.29, 1.82) is 0 Å². The first-order valence-corrected chi connectivity index (χ1v) is 10.0. The molecule has 1 aliphatic carbocycles. The van der Waals surface area contributed by atoms with Gasteiger partial charge in [0.25, 0.3) is 0 Å². The fraction of sp³-hybridized carbons (Fsp3) is 0.524. The van der Waals surface area contributed by atoms with Crippen molar-refractivity contribution in [3.8, 4) is 5.69 Å². The van der Waals surface area contributed by atoms with Gasteiger partial charge in [-0.1, -0.05) is 18.2 Å². The minimum absolute atomic E-state index is 0. The number of guanidine groups is 1. The Kier molecular flexibility index (Phi) is 7.91. The molecule has 1 unspecified atom stereocenters. The van der Waals surface area contributed by atoms with E-state index in [0.717, 1.165) is 43.3 Å². The average molecular weight is 511 g/mol. The van der Waals surface area contributed by atoms with E-state index in [1.807, 2.05) is 13.1 Å². The predicted molar refractivity (Wildman–Crippen MR) is 124 cm³/mol. The van der Waals surface area contributed by atoms with Crippen molar-refractivity contribution >= 4 is 29.9 Å². The molecule has 1 saturated heterocycles. The maximum Gasteiger partial charge on any atom is 0.194 e. The lowest BCUT2D eigenvalue weighted by Crippen LogP contribution is -2.51. The molecule has 1 N–H and O–H groups in total. The summed E-state index contributed by atoms with van der Waals surface area (Å²) in [5.41, 5.74) is 5.00. The van der Waals surface area contributed by atoms with Gasteiger partial charge in [0.2, 0.25) is 0 Å². The van der Waals surface area contributed by atoms with Crippen LogP contribution in [0.3, 0.4) is 0 Å². The molecule has 0 amide bonds. The molecule has 1 aromatic carbocycles. The van der Waals surface area contributed by atoms with Gasteiger partial charge in [0.1, 0.15) is 0 Å². The third-order valence-corrected chi connectivity index (χ3v) is 5.43. The van der Waals surface area contributed by atoms with Crippen LogP contribution in [0.15, 0.2) is 35.3 Å². The van der Waals surface area contributed by atoms with Crippen molar-refractivity contribution in [3.63, 3.8) is 0 Å². The zero-order valence-corrected chi connectivity index (χ0v) is 19.5. The van der Waals surface area contributed by atoms with Crippen LogP contribution in [0.4, 0.5) is 0 Å². The Morgan fingerprint density at radius 3 is 2.90 bits per heavy atom. The lowest BCUT2D eigenvalue weighted by molar-refractivity contribution is -0.0447. The highest BCUT2D eigenvalue weighted by Crippen LogP contribution is 2.27. The average Bonchev–Trinajstić information content (AvgIpc) is 3.33. The largest absolute Gasteiger partial charge is 0.382 e. The fourth-order valence-corrected chi connectivity index (χ4v) is 4.13. The summed E-state index contributed by atoms with van der Waals surface area (Å²) < 4.78 is 13.1. The van der Waals surface area contributed by atoms with Gasteiger partial charge in [0.05, 0.1) is 37.2 Å². The smallest absolute Gasteiger partial charge is 0.194 e. The van der Waals surface area contributed by atoms with Crippen molar-refractivity contribution in [3.05, 3.63) is 47.3 Å². The Morgan fingerprint density at radius 1 is 1.31 bits per heavy atom. The molecule has 0 spiro atoms.